The van der Waals surface area contributed by atoms with E-state index in [1.165, 1.54) is 12.1 Å². The van der Waals surface area contributed by atoms with E-state index in [1.807, 2.05) is 18.2 Å². The van der Waals surface area contributed by atoms with Crippen molar-refractivity contribution < 1.29 is 18.4 Å². The molecule has 7 nitrogen and oxygen atoms in total. The molecule has 1 fully saturated rings. The van der Waals surface area contributed by atoms with Crippen LogP contribution in [0.2, 0.25) is 0 Å². The van der Waals surface area contributed by atoms with Crippen LogP contribution in [0.3, 0.4) is 0 Å². The molecule has 2 aromatic carbocycles. The predicted octanol–water partition coefficient (Wildman–Crippen LogP) is 4.05. The molecule has 0 saturated carbocycles. The van der Waals surface area contributed by atoms with E-state index in [-0.39, 0.29) is 23.2 Å². The number of hydrogen-bond acceptors (Lipinski definition) is 6. The third-order valence-corrected chi connectivity index (χ3v) is 6.74. The van der Waals surface area contributed by atoms with Crippen LogP contribution < -0.4 is 5.32 Å². The minimum Gasteiger partial charge on any atom is -0.384 e. The van der Waals surface area contributed by atoms with E-state index in [2.05, 4.69) is 27.5 Å². The summed E-state index contributed by atoms with van der Waals surface area (Å²) >= 11 is 0. The number of nitrogens with one attached hydrogen (secondary N) is 1. The molecule has 3 aromatic rings. The fraction of sp³-hybridized carbons (Fsp3) is 0.444. The first-order valence-corrected chi connectivity index (χ1v) is 12.1. The molecule has 1 atom stereocenters. The van der Waals surface area contributed by atoms with Crippen molar-refractivity contribution >= 4 is 5.91 Å². The number of aromatic nitrogens is 2. The standard InChI is InChI=1S/C27H33FN4O3/c1-20(33)29-24(22-6-4-3-5-7-22)12-15-32-16-13-27(14-17-32,19-34-2)26-30-25(31-35-26)18-21-8-10-23(28)11-9-21/h3-11,24H,12-19H2,1-2H3,(H,29,33). The van der Waals surface area contributed by atoms with Crippen LogP contribution in [0, 0.1) is 5.82 Å². The third-order valence-electron chi connectivity index (χ3n) is 6.74. The van der Waals surface area contributed by atoms with Crippen molar-refractivity contribution in [3.05, 3.63) is 83.3 Å². The topological polar surface area (TPSA) is 80.5 Å². The molecule has 0 bridgehead atoms. The molecule has 0 spiro atoms. The number of piperidine rings is 1. The SMILES string of the molecule is COCC1(c2nc(Cc3ccc(F)cc3)no2)CCN(CCC(NC(C)=O)c2ccccc2)CC1. The summed E-state index contributed by atoms with van der Waals surface area (Å²) in [6.45, 7) is 4.70. The molecular weight excluding hydrogens is 447 g/mol. The summed E-state index contributed by atoms with van der Waals surface area (Å²) in [5.74, 6) is 0.909. The number of rotatable bonds is 10. The summed E-state index contributed by atoms with van der Waals surface area (Å²) in [6.07, 6.45) is 3.01. The minimum absolute atomic E-state index is 0.00989. The van der Waals surface area contributed by atoms with Crippen molar-refractivity contribution in [1.29, 1.82) is 0 Å². The fourth-order valence-electron chi connectivity index (χ4n) is 4.79. The van der Waals surface area contributed by atoms with Gasteiger partial charge < -0.3 is 19.5 Å². The summed E-state index contributed by atoms with van der Waals surface area (Å²) in [6, 6.07) is 16.4. The maximum Gasteiger partial charge on any atom is 0.235 e. The zero-order valence-corrected chi connectivity index (χ0v) is 20.4. The van der Waals surface area contributed by atoms with Gasteiger partial charge in [0.05, 0.1) is 18.1 Å². The Hall–Kier alpha value is -3.10. The molecule has 1 saturated heterocycles. The highest BCUT2D eigenvalue weighted by Crippen LogP contribution is 2.35. The second-order valence-corrected chi connectivity index (χ2v) is 9.33. The highest BCUT2D eigenvalue weighted by atomic mass is 19.1. The molecule has 1 aliphatic rings. The minimum atomic E-state index is -0.324. The lowest BCUT2D eigenvalue weighted by molar-refractivity contribution is -0.119. The van der Waals surface area contributed by atoms with E-state index in [0.717, 1.165) is 50.0 Å². The Kier molecular flexibility index (Phi) is 8.25. The molecule has 2 heterocycles. The van der Waals surface area contributed by atoms with Gasteiger partial charge in [0.15, 0.2) is 5.82 Å². The molecule has 186 valence electrons. The van der Waals surface area contributed by atoms with Crippen molar-refractivity contribution in [3.8, 4) is 0 Å². The van der Waals surface area contributed by atoms with E-state index in [0.29, 0.717) is 24.7 Å². The zero-order chi connectivity index (χ0) is 24.7. The first-order chi connectivity index (χ1) is 17.0. The van der Waals surface area contributed by atoms with Gasteiger partial charge in [-0.15, -0.1) is 0 Å². The Morgan fingerprint density at radius 2 is 1.89 bits per heavy atom. The number of nitrogens with zero attached hydrogens (tertiary/aromatic N) is 3. The molecule has 0 aliphatic carbocycles. The lowest BCUT2D eigenvalue weighted by Crippen LogP contribution is -2.46. The van der Waals surface area contributed by atoms with Gasteiger partial charge in [-0.1, -0.05) is 47.6 Å². The molecule has 1 unspecified atom stereocenters. The van der Waals surface area contributed by atoms with Gasteiger partial charge in [-0.2, -0.15) is 4.98 Å². The van der Waals surface area contributed by atoms with Crippen LogP contribution in [-0.2, 0) is 21.4 Å². The number of carbonyl (C=O) groups is 1. The number of halogens is 1. The van der Waals surface area contributed by atoms with Crippen LogP contribution in [0.15, 0.2) is 59.1 Å². The second-order valence-electron chi connectivity index (χ2n) is 9.33. The van der Waals surface area contributed by atoms with Crippen molar-refractivity contribution in [3.63, 3.8) is 0 Å². The lowest BCUT2D eigenvalue weighted by atomic mass is 9.78. The number of methoxy groups -OCH3 is 1. The van der Waals surface area contributed by atoms with Crippen LogP contribution in [0.5, 0.6) is 0 Å². The number of carbonyl (C=O) groups excluding carboxylic acids is 1. The molecular formula is C27H33FN4O3. The zero-order valence-electron chi connectivity index (χ0n) is 20.4. The van der Waals surface area contributed by atoms with E-state index >= 15 is 0 Å². The Morgan fingerprint density at radius 3 is 2.54 bits per heavy atom. The van der Waals surface area contributed by atoms with Gasteiger partial charge in [0.25, 0.3) is 0 Å². The molecule has 1 aliphatic heterocycles. The summed E-state index contributed by atoms with van der Waals surface area (Å²) < 4.78 is 24.5. The van der Waals surface area contributed by atoms with Crippen LogP contribution in [0.1, 0.15) is 55.1 Å². The second kappa shape index (κ2) is 11.6. The van der Waals surface area contributed by atoms with Crippen LogP contribution in [0.25, 0.3) is 0 Å². The van der Waals surface area contributed by atoms with E-state index < -0.39 is 0 Å². The van der Waals surface area contributed by atoms with Crippen molar-refractivity contribution in [2.24, 2.45) is 0 Å². The molecule has 1 N–H and O–H groups in total. The number of amides is 1. The van der Waals surface area contributed by atoms with Gasteiger partial charge in [0.1, 0.15) is 5.82 Å². The normalized spacial score (nSPS) is 16.7. The van der Waals surface area contributed by atoms with Gasteiger partial charge >= 0.3 is 0 Å². The molecule has 8 heteroatoms. The Morgan fingerprint density at radius 1 is 1.17 bits per heavy atom. The maximum atomic E-state index is 13.2. The van der Waals surface area contributed by atoms with Crippen LogP contribution >= 0.6 is 0 Å². The smallest absolute Gasteiger partial charge is 0.235 e. The van der Waals surface area contributed by atoms with Crippen molar-refractivity contribution in [2.75, 3.05) is 33.4 Å². The van der Waals surface area contributed by atoms with E-state index in [4.69, 9.17) is 14.2 Å². The van der Waals surface area contributed by atoms with Gasteiger partial charge in [-0.3, -0.25) is 4.79 Å². The third kappa shape index (κ3) is 6.52. The average Bonchev–Trinajstić information content (AvgIpc) is 3.34. The molecule has 35 heavy (non-hydrogen) atoms. The summed E-state index contributed by atoms with van der Waals surface area (Å²) in [7, 11) is 1.70. The first kappa shape index (κ1) is 25.0. The van der Waals surface area contributed by atoms with Crippen LogP contribution in [0.4, 0.5) is 4.39 Å². The highest BCUT2D eigenvalue weighted by Gasteiger charge is 2.41. The summed E-state index contributed by atoms with van der Waals surface area (Å²) in [5, 5.41) is 7.27. The number of likely N-dealkylation sites (tertiary alicyclic amines) is 1. The molecule has 1 amide bonds. The maximum absolute atomic E-state index is 13.2. The lowest BCUT2D eigenvalue weighted by Gasteiger charge is -2.39. The molecule has 0 radical (unpaired) electrons. The monoisotopic (exact) mass is 480 g/mol. The number of ether oxygens (including phenoxy) is 1. The predicted molar refractivity (Wildman–Crippen MR) is 130 cm³/mol. The fourth-order valence-corrected chi connectivity index (χ4v) is 4.79. The number of hydrogen-bond donors (Lipinski definition) is 1. The molecule has 1 aromatic heterocycles. The molecule has 4 rings (SSSR count). The quantitative estimate of drug-likeness (QED) is 0.472. The largest absolute Gasteiger partial charge is 0.384 e. The Labute approximate surface area is 205 Å². The first-order valence-electron chi connectivity index (χ1n) is 12.1. The summed E-state index contributed by atoms with van der Waals surface area (Å²) in [5.41, 5.74) is 1.73. The highest BCUT2D eigenvalue weighted by molar-refractivity contribution is 5.73. The Balaban J connectivity index is 1.37. The number of benzene rings is 2. The van der Waals surface area contributed by atoms with E-state index in [1.54, 1.807) is 26.2 Å². The van der Waals surface area contributed by atoms with Gasteiger partial charge in [0.2, 0.25) is 11.8 Å². The van der Waals surface area contributed by atoms with E-state index in [9.17, 15) is 9.18 Å². The van der Waals surface area contributed by atoms with Crippen LogP contribution in [-0.4, -0.2) is 54.3 Å². The average molecular weight is 481 g/mol. The summed E-state index contributed by atoms with van der Waals surface area (Å²) in [4.78, 5) is 18.9. The van der Waals surface area contributed by atoms with Gasteiger partial charge in [0, 0.05) is 27.0 Å². The Bertz CT molecular complexity index is 1080. The van der Waals surface area contributed by atoms with Gasteiger partial charge in [-0.05, 0) is 55.6 Å². The van der Waals surface area contributed by atoms with Crippen molar-refractivity contribution in [2.45, 2.75) is 44.1 Å². The van der Waals surface area contributed by atoms with Crippen molar-refractivity contribution in [1.82, 2.24) is 20.4 Å². The van der Waals surface area contributed by atoms with Gasteiger partial charge in [-0.25, -0.2) is 4.39 Å².